The Balaban J connectivity index is 1.98. The van der Waals surface area contributed by atoms with Crippen LogP contribution < -0.4 is 10.6 Å². The maximum absolute atomic E-state index is 11.6. The molecule has 1 aliphatic heterocycles. The fourth-order valence-corrected chi connectivity index (χ4v) is 1.91. The van der Waals surface area contributed by atoms with Gasteiger partial charge in [0.2, 0.25) is 0 Å². The van der Waals surface area contributed by atoms with E-state index in [-0.39, 0.29) is 11.9 Å². The predicted molar refractivity (Wildman–Crippen MR) is 73.2 cm³/mol. The van der Waals surface area contributed by atoms with Crippen LogP contribution in [0.4, 0.5) is 5.69 Å². The van der Waals surface area contributed by atoms with Gasteiger partial charge in [-0.05, 0) is 32.0 Å². The van der Waals surface area contributed by atoms with Gasteiger partial charge in [0.25, 0.3) is 5.91 Å². The Bertz CT molecular complexity index is 450. The summed E-state index contributed by atoms with van der Waals surface area (Å²) in [6.45, 7) is 4.96. The first kappa shape index (κ1) is 13.8. The highest BCUT2D eigenvalue weighted by atomic mass is 16.7. The van der Waals surface area contributed by atoms with Gasteiger partial charge in [0.05, 0.1) is 19.3 Å². The van der Waals surface area contributed by atoms with E-state index in [9.17, 15) is 4.79 Å². The first-order valence-corrected chi connectivity index (χ1v) is 6.37. The van der Waals surface area contributed by atoms with Crippen molar-refractivity contribution in [2.24, 2.45) is 0 Å². The molecule has 19 heavy (non-hydrogen) atoms. The third-order valence-electron chi connectivity index (χ3n) is 2.99. The van der Waals surface area contributed by atoms with E-state index in [1.54, 1.807) is 13.1 Å². The van der Waals surface area contributed by atoms with Gasteiger partial charge in [0.1, 0.15) is 0 Å². The Morgan fingerprint density at radius 1 is 1.32 bits per heavy atom. The molecule has 0 radical (unpaired) electrons. The van der Waals surface area contributed by atoms with Gasteiger partial charge in [0.15, 0.2) is 5.79 Å². The summed E-state index contributed by atoms with van der Waals surface area (Å²) < 4.78 is 11.2. The van der Waals surface area contributed by atoms with Gasteiger partial charge in [-0.25, -0.2) is 0 Å². The van der Waals surface area contributed by atoms with Crippen LogP contribution in [0.25, 0.3) is 0 Å². The van der Waals surface area contributed by atoms with Crippen molar-refractivity contribution in [2.75, 3.05) is 25.6 Å². The number of nitrogens with one attached hydrogen (secondary N) is 2. The summed E-state index contributed by atoms with van der Waals surface area (Å²) in [7, 11) is 1.62. The highest BCUT2D eigenvalue weighted by molar-refractivity contribution is 5.94. The molecule has 0 unspecified atom stereocenters. The fraction of sp³-hybridized carbons (Fsp3) is 0.500. The Morgan fingerprint density at radius 2 is 2.00 bits per heavy atom. The molecular weight excluding hydrogens is 244 g/mol. The van der Waals surface area contributed by atoms with Crippen molar-refractivity contribution in [1.29, 1.82) is 0 Å². The molecule has 1 amide bonds. The summed E-state index contributed by atoms with van der Waals surface area (Å²) in [5.74, 6) is -0.608. The first-order valence-electron chi connectivity index (χ1n) is 6.37. The lowest BCUT2D eigenvalue weighted by Crippen LogP contribution is -2.45. The minimum absolute atomic E-state index is 0.0907. The topological polar surface area (TPSA) is 59.6 Å². The fourth-order valence-electron chi connectivity index (χ4n) is 1.91. The molecule has 1 heterocycles. The van der Waals surface area contributed by atoms with E-state index in [1.807, 2.05) is 32.0 Å². The summed E-state index contributed by atoms with van der Waals surface area (Å²) in [6.07, 6.45) is 0. The van der Waals surface area contributed by atoms with Crippen LogP contribution in [-0.4, -0.2) is 38.0 Å². The Kier molecular flexibility index (Phi) is 4.07. The van der Waals surface area contributed by atoms with E-state index < -0.39 is 5.79 Å². The maximum atomic E-state index is 11.6. The molecule has 0 aromatic heterocycles. The van der Waals surface area contributed by atoms with Crippen molar-refractivity contribution in [3.05, 3.63) is 29.8 Å². The number of rotatable bonds is 3. The third kappa shape index (κ3) is 3.68. The molecule has 0 atom stereocenters. The van der Waals surface area contributed by atoms with Gasteiger partial charge in [0, 0.05) is 18.3 Å². The van der Waals surface area contributed by atoms with Crippen LogP contribution in [0.2, 0.25) is 0 Å². The quantitative estimate of drug-likeness (QED) is 0.870. The second-order valence-corrected chi connectivity index (χ2v) is 5.02. The molecule has 5 heteroatoms. The van der Waals surface area contributed by atoms with Crippen LogP contribution >= 0.6 is 0 Å². The largest absolute Gasteiger partial charge is 0.378 e. The summed E-state index contributed by atoms with van der Waals surface area (Å²) in [5, 5.41) is 5.91. The standard InChI is InChI=1S/C14H20N2O3/c1-14(2)18-8-12(9-19-14)16-11-6-4-5-10(7-11)13(17)15-3/h4-7,12,16H,8-9H2,1-3H3,(H,15,17). The third-order valence-corrected chi connectivity index (χ3v) is 2.99. The van der Waals surface area contributed by atoms with Gasteiger partial charge in [-0.2, -0.15) is 0 Å². The van der Waals surface area contributed by atoms with Gasteiger partial charge >= 0.3 is 0 Å². The molecule has 1 aromatic carbocycles. The molecule has 2 rings (SSSR count). The van der Waals surface area contributed by atoms with E-state index in [4.69, 9.17) is 9.47 Å². The predicted octanol–water partition coefficient (Wildman–Crippen LogP) is 1.61. The molecule has 1 saturated heterocycles. The van der Waals surface area contributed by atoms with Gasteiger partial charge < -0.3 is 20.1 Å². The molecule has 0 bridgehead atoms. The number of amides is 1. The van der Waals surface area contributed by atoms with Crippen LogP contribution in [0.1, 0.15) is 24.2 Å². The number of hydrogen-bond donors (Lipinski definition) is 2. The molecule has 0 saturated carbocycles. The van der Waals surface area contributed by atoms with Crippen LogP contribution in [0.3, 0.4) is 0 Å². The van der Waals surface area contributed by atoms with Crippen molar-refractivity contribution in [3.63, 3.8) is 0 Å². The average molecular weight is 264 g/mol. The maximum Gasteiger partial charge on any atom is 0.251 e. The summed E-state index contributed by atoms with van der Waals surface area (Å²) in [4.78, 5) is 11.6. The number of hydrogen-bond acceptors (Lipinski definition) is 4. The van der Waals surface area contributed by atoms with E-state index in [0.29, 0.717) is 18.8 Å². The average Bonchev–Trinajstić information content (AvgIpc) is 2.41. The molecule has 1 aliphatic rings. The summed E-state index contributed by atoms with van der Waals surface area (Å²) in [6, 6.07) is 7.46. The van der Waals surface area contributed by atoms with Gasteiger partial charge in [-0.3, -0.25) is 4.79 Å². The molecule has 104 valence electrons. The van der Waals surface area contributed by atoms with Crippen molar-refractivity contribution in [3.8, 4) is 0 Å². The highest BCUT2D eigenvalue weighted by Gasteiger charge is 2.28. The molecular formula is C14H20N2O3. The zero-order chi connectivity index (χ0) is 13.9. The minimum Gasteiger partial charge on any atom is -0.378 e. The van der Waals surface area contributed by atoms with Crippen molar-refractivity contribution < 1.29 is 14.3 Å². The van der Waals surface area contributed by atoms with Crippen molar-refractivity contribution >= 4 is 11.6 Å². The minimum atomic E-state index is -0.512. The molecule has 0 aliphatic carbocycles. The molecule has 2 N–H and O–H groups in total. The highest BCUT2D eigenvalue weighted by Crippen LogP contribution is 2.20. The smallest absolute Gasteiger partial charge is 0.251 e. The van der Waals surface area contributed by atoms with E-state index >= 15 is 0 Å². The lowest BCUT2D eigenvalue weighted by atomic mass is 10.1. The number of ether oxygens (including phenoxy) is 2. The normalized spacial score (nSPS) is 18.9. The lowest BCUT2D eigenvalue weighted by molar-refractivity contribution is -0.247. The monoisotopic (exact) mass is 264 g/mol. The van der Waals surface area contributed by atoms with Crippen LogP contribution in [0.15, 0.2) is 24.3 Å². The van der Waals surface area contributed by atoms with Crippen molar-refractivity contribution in [2.45, 2.75) is 25.7 Å². The zero-order valence-electron chi connectivity index (χ0n) is 11.5. The van der Waals surface area contributed by atoms with E-state index in [2.05, 4.69) is 10.6 Å². The Labute approximate surface area is 113 Å². The van der Waals surface area contributed by atoms with Crippen LogP contribution in [0.5, 0.6) is 0 Å². The summed E-state index contributed by atoms with van der Waals surface area (Å²) >= 11 is 0. The zero-order valence-corrected chi connectivity index (χ0v) is 11.5. The second-order valence-electron chi connectivity index (χ2n) is 5.02. The van der Waals surface area contributed by atoms with Crippen LogP contribution in [0, 0.1) is 0 Å². The Morgan fingerprint density at radius 3 is 2.63 bits per heavy atom. The van der Waals surface area contributed by atoms with Crippen molar-refractivity contribution in [1.82, 2.24) is 5.32 Å². The van der Waals surface area contributed by atoms with Gasteiger partial charge in [-0.15, -0.1) is 0 Å². The number of carbonyl (C=O) groups is 1. The molecule has 5 nitrogen and oxygen atoms in total. The SMILES string of the molecule is CNC(=O)c1cccc(NC2COC(C)(C)OC2)c1. The Hall–Kier alpha value is -1.59. The molecule has 1 aromatic rings. The number of carbonyl (C=O) groups excluding carboxylic acids is 1. The van der Waals surface area contributed by atoms with E-state index in [0.717, 1.165) is 5.69 Å². The molecule has 1 fully saturated rings. The van der Waals surface area contributed by atoms with Crippen LogP contribution in [-0.2, 0) is 9.47 Å². The second kappa shape index (κ2) is 5.59. The number of benzene rings is 1. The molecule has 0 spiro atoms. The first-order chi connectivity index (χ1) is 9.00. The lowest BCUT2D eigenvalue weighted by Gasteiger charge is -2.35. The number of anilines is 1. The van der Waals surface area contributed by atoms with E-state index in [1.165, 1.54) is 0 Å². The van der Waals surface area contributed by atoms with Gasteiger partial charge in [-0.1, -0.05) is 6.07 Å². The summed E-state index contributed by atoms with van der Waals surface area (Å²) in [5.41, 5.74) is 1.52.